The molecule has 0 bridgehead atoms. The monoisotopic (exact) mass is 223 g/mol. The lowest BCUT2D eigenvalue weighted by Crippen LogP contribution is -2.54. The van der Waals surface area contributed by atoms with Crippen molar-refractivity contribution in [1.82, 2.24) is 4.90 Å². The summed E-state index contributed by atoms with van der Waals surface area (Å²) in [6.07, 6.45) is 8.61. The van der Waals surface area contributed by atoms with E-state index in [4.69, 9.17) is 4.74 Å². The summed E-state index contributed by atoms with van der Waals surface area (Å²) >= 11 is 0. The third kappa shape index (κ3) is 1.21. The lowest BCUT2D eigenvalue weighted by molar-refractivity contribution is -0.155. The fourth-order valence-corrected chi connectivity index (χ4v) is 3.87. The van der Waals surface area contributed by atoms with Crippen LogP contribution >= 0.6 is 0 Å². The molecule has 3 rings (SSSR count). The molecule has 1 aliphatic carbocycles. The molecule has 90 valence electrons. The third-order valence-electron chi connectivity index (χ3n) is 4.84. The summed E-state index contributed by atoms with van der Waals surface area (Å²) in [6.45, 7) is 2.96. The fraction of sp³-hybridized carbons (Fsp3) is 0.923. The third-order valence-corrected chi connectivity index (χ3v) is 4.84. The summed E-state index contributed by atoms with van der Waals surface area (Å²) in [5, 5.41) is 0. The van der Waals surface area contributed by atoms with Crippen molar-refractivity contribution in [3.63, 3.8) is 0 Å². The number of ether oxygens (including phenoxy) is 1. The van der Waals surface area contributed by atoms with E-state index in [0.29, 0.717) is 5.91 Å². The summed E-state index contributed by atoms with van der Waals surface area (Å²) in [7, 11) is 0. The standard InChI is InChI=1S/C13H21NO2/c1-2-12-9-6-11(15)14(12)13(16-10-12)7-4-3-5-8-13/h2-10H2,1H3. The van der Waals surface area contributed by atoms with Gasteiger partial charge in [0.15, 0.2) is 0 Å². The van der Waals surface area contributed by atoms with Crippen LogP contribution in [0.25, 0.3) is 0 Å². The second kappa shape index (κ2) is 3.46. The minimum absolute atomic E-state index is 0.0500. The number of carbonyl (C=O) groups is 1. The molecule has 1 atom stereocenters. The number of carbonyl (C=O) groups excluding carboxylic acids is 1. The average molecular weight is 223 g/mol. The van der Waals surface area contributed by atoms with E-state index < -0.39 is 0 Å². The summed E-state index contributed by atoms with van der Waals surface area (Å²) in [5.41, 5.74) is -0.156. The molecule has 3 aliphatic rings. The Morgan fingerprint density at radius 1 is 1.25 bits per heavy atom. The van der Waals surface area contributed by atoms with Crippen LogP contribution in [0.1, 0.15) is 58.3 Å². The molecule has 3 fully saturated rings. The van der Waals surface area contributed by atoms with E-state index in [0.717, 1.165) is 38.7 Å². The van der Waals surface area contributed by atoms with Crippen LogP contribution in [0.15, 0.2) is 0 Å². The maximum Gasteiger partial charge on any atom is 0.225 e. The molecule has 16 heavy (non-hydrogen) atoms. The van der Waals surface area contributed by atoms with Crippen LogP contribution in [0, 0.1) is 0 Å². The Bertz CT molecular complexity index is 309. The van der Waals surface area contributed by atoms with Crippen molar-refractivity contribution in [3.05, 3.63) is 0 Å². The molecule has 3 nitrogen and oxygen atoms in total. The van der Waals surface area contributed by atoms with Crippen LogP contribution in [0.2, 0.25) is 0 Å². The van der Waals surface area contributed by atoms with Crippen molar-refractivity contribution in [1.29, 1.82) is 0 Å². The van der Waals surface area contributed by atoms with Crippen LogP contribution < -0.4 is 0 Å². The zero-order chi connectivity index (χ0) is 11.2. The summed E-state index contributed by atoms with van der Waals surface area (Å²) in [4.78, 5) is 14.3. The molecular formula is C13H21NO2. The Morgan fingerprint density at radius 3 is 2.69 bits per heavy atom. The summed E-state index contributed by atoms with van der Waals surface area (Å²) in [5.74, 6) is 0.334. The first-order valence-electron chi connectivity index (χ1n) is 6.70. The number of fused-ring (bicyclic) bond motifs is 2. The highest BCUT2D eigenvalue weighted by Gasteiger charge is 2.60. The van der Waals surface area contributed by atoms with Crippen molar-refractivity contribution < 1.29 is 9.53 Å². The lowest BCUT2D eigenvalue weighted by Gasteiger charge is -2.42. The molecule has 0 aromatic carbocycles. The molecule has 2 aliphatic heterocycles. The number of rotatable bonds is 1. The molecule has 0 aromatic heterocycles. The van der Waals surface area contributed by atoms with Gasteiger partial charge in [-0.25, -0.2) is 0 Å². The summed E-state index contributed by atoms with van der Waals surface area (Å²) < 4.78 is 6.12. The molecule has 2 saturated heterocycles. The first-order chi connectivity index (χ1) is 7.72. The molecule has 0 N–H and O–H groups in total. The van der Waals surface area contributed by atoms with Crippen LogP contribution in [0.5, 0.6) is 0 Å². The largest absolute Gasteiger partial charge is 0.353 e. The van der Waals surface area contributed by atoms with Crippen molar-refractivity contribution in [2.24, 2.45) is 0 Å². The minimum atomic E-state index is -0.207. The second-order valence-corrected chi connectivity index (χ2v) is 5.60. The predicted octanol–water partition coefficient (Wildman–Crippen LogP) is 2.45. The topological polar surface area (TPSA) is 29.5 Å². The maximum absolute atomic E-state index is 12.1. The van der Waals surface area contributed by atoms with Crippen molar-refractivity contribution >= 4 is 5.91 Å². The maximum atomic E-state index is 12.1. The first-order valence-corrected chi connectivity index (χ1v) is 6.70. The van der Waals surface area contributed by atoms with Crippen LogP contribution in [0.3, 0.4) is 0 Å². The molecule has 3 heteroatoms. The number of hydrogen-bond donors (Lipinski definition) is 0. The van der Waals surface area contributed by atoms with Crippen molar-refractivity contribution in [3.8, 4) is 0 Å². The Labute approximate surface area is 97.1 Å². The van der Waals surface area contributed by atoms with E-state index in [1.54, 1.807) is 0 Å². The van der Waals surface area contributed by atoms with E-state index in [9.17, 15) is 4.79 Å². The van der Waals surface area contributed by atoms with Gasteiger partial charge in [0.05, 0.1) is 12.1 Å². The van der Waals surface area contributed by atoms with Gasteiger partial charge in [0.2, 0.25) is 5.91 Å². The molecule has 0 radical (unpaired) electrons. The normalized spacial score (nSPS) is 37.1. The zero-order valence-corrected chi connectivity index (χ0v) is 10.1. The Balaban J connectivity index is 1.95. The Morgan fingerprint density at radius 2 is 2.00 bits per heavy atom. The van der Waals surface area contributed by atoms with Gasteiger partial charge in [-0.2, -0.15) is 0 Å². The van der Waals surface area contributed by atoms with Gasteiger partial charge in [-0.3, -0.25) is 4.79 Å². The SMILES string of the molecule is CCC12CCC(=O)N1C1(CCCCC1)OC2. The highest BCUT2D eigenvalue weighted by Crippen LogP contribution is 2.50. The Hall–Kier alpha value is -0.570. The lowest BCUT2D eigenvalue weighted by atomic mass is 9.88. The van der Waals surface area contributed by atoms with Gasteiger partial charge in [-0.1, -0.05) is 13.3 Å². The van der Waals surface area contributed by atoms with Crippen molar-refractivity contribution in [2.45, 2.75) is 69.6 Å². The van der Waals surface area contributed by atoms with Gasteiger partial charge in [-0.15, -0.1) is 0 Å². The molecule has 1 saturated carbocycles. The number of amides is 1. The molecule has 1 spiro atoms. The van der Waals surface area contributed by atoms with Crippen LogP contribution in [-0.4, -0.2) is 28.7 Å². The van der Waals surface area contributed by atoms with Gasteiger partial charge in [0.1, 0.15) is 5.72 Å². The summed E-state index contributed by atoms with van der Waals surface area (Å²) in [6, 6.07) is 0. The highest BCUT2D eigenvalue weighted by molar-refractivity contribution is 5.81. The van der Waals surface area contributed by atoms with Crippen LogP contribution in [-0.2, 0) is 9.53 Å². The van der Waals surface area contributed by atoms with E-state index >= 15 is 0 Å². The van der Waals surface area contributed by atoms with E-state index in [-0.39, 0.29) is 11.3 Å². The quantitative estimate of drug-likeness (QED) is 0.683. The van der Waals surface area contributed by atoms with E-state index in [1.807, 2.05) is 0 Å². The molecule has 1 unspecified atom stereocenters. The molecular weight excluding hydrogens is 202 g/mol. The molecule has 2 heterocycles. The Kier molecular flexibility index (Phi) is 2.29. The van der Waals surface area contributed by atoms with Gasteiger partial charge in [0, 0.05) is 6.42 Å². The van der Waals surface area contributed by atoms with Crippen LogP contribution in [0.4, 0.5) is 0 Å². The average Bonchev–Trinajstić information content (AvgIpc) is 2.81. The van der Waals surface area contributed by atoms with Gasteiger partial charge in [0.25, 0.3) is 0 Å². The number of nitrogens with zero attached hydrogens (tertiary/aromatic N) is 1. The van der Waals surface area contributed by atoms with Gasteiger partial charge in [-0.05, 0) is 38.5 Å². The zero-order valence-electron chi connectivity index (χ0n) is 10.1. The minimum Gasteiger partial charge on any atom is -0.353 e. The fourth-order valence-electron chi connectivity index (χ4n) is 3.87. The smallest absolute Gasteiger partial charge is 0.225 e. The first kappa shape index (κ1) is 10.6. The predicted molar refractivity (Wildman–Crippen MR) is 60.9 cm³/mol. The van der Waals surface area contributed by atoms with Gasteiger partial charge < -0.3 is 9.64 Å². The number of hydrogen-bond acceptors (Lipinski definition) is 2. The highest BCUT2D eigenvalue weighted by atomic mass is 16.5. The van der Waals surface area contributed by atoms with Crippen molar-refractivity contribution in [2.75, 3.05) is 6.61 Å². The van der Waals surface area contributed by atoms with Gasteiger partial charge >= 0.3 is 0 Å². The van der Waals surface area contributed by atoms with E-state index in [1.165, 1.54) is 19.3 Å². The second-order valence-electron chi connectivity index (χ2n) is 5.60. The molecule has 0 aromatic rings. The molecule has 1 amide bonds. The van der Waals surface area contributed by atoms with E-state index in [2.05, 4.69) is 11.8 Å².